The third-order valence-corrected chi connectivity index (χ3v) is 4.69. The van der Waals surface area contributed by atoms with Crippen LogP contribution in [0, 0.1) is 0 Å². The largest absolute Gasteiger partial charge is 0.455 e. The van der Waals surface area contributed by atoms with Crippen LogP contribution >= 0.6 is 11.6 Å². The fourth-order valence-corrected chi connectivity index (χ4v) is 3.16. The van der Waals surface area contributed by atoms with Gasteiger partial charge in [-0.1, -0.05) is 23.7 Å². The molecule has 1 heterocycles. The van der Waals surface area contributed by atoms with Gasteiger partial charge >= 0.3 is 12.0 Å². The van der Waals surface area contributed by atoms with Crippen molar-refractivity contribution in [2.24, 2.45) is 5.73 Å². The summed E-state index contributed by atoms with van der Waals surface area (Å²) in [5.41, 5.74) is 5.85. The van der Waals surface area contributed by atoms with Crippen LogP contribution in [0.5, 0.6) is 0 Å². The normalized spacial score (nSPS) is 18.1. The Balaban J connectivity index is 1.91. The number of rotatable bonds is 6. The molecular formula is C18H24ClN3O4. The average Bonchev–Trinajstić information content (AvgIpc) is 2.60. The second-order valence-electron chi connectivity index (χ2n) is 6.41. The van der Waals surface area contributed by atoms with Crippen molar-refractivity contribution < 1.29 is 19.1 Å². The molecule has 0 spiro atoms. The number of likely N-dealkylation sites (tertiary alicyclic amines) is 1. The number of amides is 3. The Kier molecular flexibility index (Phi) is 7.26. The van der Waals surface area contributed by atoms with Gasteiger partial charge in [0.2, 0.25) is 0 Å². The molecule has 2 rings (SSSR count). The third-order valence-electron chi connectivity index (χ3n) is 4.44. The number of hydrogen-bond acceptors (Lipinski definition) is 4. The third kappa shape index (κ3) is 5.91. The Morgan fingerprint density at radius 3 is 2.62 bits per heavy atom. The van der Waals surface area contributed by atoms with E-state index in [4.69, 9.17) is 22.1 Å². The molecule has 3 N–H and O–H groups in total. The Bertz CT molecular complexity index is 650. The zero-order valence-electron chi connectivity index (χ0n) is 14.7. The summed E-state index contributed by atoms with van der Waals surface area (Å²) in [7, 11) is 0. The molecule has 0 aliphatic carbocycles. The summed E-state index contributed by atoms with van der Waals surface area (Å²) in [6.45, 7) is 2.38. The van der Waals surface area contributed by atoms with Gasteiger partial charge in [0.05, 0.1) is 12.5 Å². The lowest BCUT2D eigenvalue weighted by atomic mass is 10.0. The SMILES string of the molecule is C[C@H]1CCCCN1C(=O)COC(=O)C[C@@H](NC(N)=O)c1ccc(Cl)cc1. The van der Waals surface area contributed by atoms with E-state index in [1.54, 1.807) is 29.2 Å². The summed E-state index contributed by atoms with van der Waals surface area (Å²) in [6.07, 6.45) is 2.89. The number of ether oxygens (including phenoxy) is 1. The van der Waals surface area contributed by atoms with Gasteiger partial charge in [0.15, 0.2) is 6.61 Å². The minimum absolute atomic E-state index is 0.132. The van der Waals surface area contributed by atoms with Crippen LogP contribution in [-0.4, -0.2) is 42.0 Å². The first kappa shape index (κ1) is 20.0. The van der Waals surface area contributed by atoms with Crippen molar-refractivity contribution in [3.8, 4) is 0 Å². The highest BCUT2D eigenvalue weighted by Gasteiger charge is 2.25. The van der Waals surface area contributed by atoms with E-state index in [1.165, 1.54) is 0 Å². The van der Waals surface area contributed by atoms with Crippen molar-refractivity contribution in [2.75, 3.05) is 13.2 Å². The standard InChI is InChI=1S/C18H24ClN3O4/c1-12-4-2-3-9-22(12)16(23)11-26-17(24)10-15(21-18(20)25)13-5-7-14(19)8-6-13/h5-8,12,15H,2-4,9-11H2,1H3,(H3,20,21,25)/t12-,15+/m0/s1. The van der Waals surface area contributed by atoms with Crippen LogP contribution in [0.2, 0.25) is 5.02 Å². The number of nitrogens with one attached hydrogen (secondary N) is 1. The van der Waals surface area contributed by atoms with Crippen LogP contribution in [0.4, 0.5) is 4.79 Å². The number of carbonyl (C=O) groups is 3. The predicted octanol–water partition coefficient (Wildman–Crippen LogP) is 2.38. The molecular weight excluding hydrogens is 358 g/mol. The van der Waals surface area contributed by atoms with Crippen molar-refractivity contribution in [3.63, 3.8) is 0 Å². The molecule has 1 aromatic carbocycles. The molecule has 7 nitrogen and oxygen atoms in total. The van der Waals surface area contributed by atoms with Gasteiger partial charge in [-0.3, -0.25) is 9.59 Å². The van der Waals surface area contributed by atoms with E-state index in [0.29, 0.717) is 17.1 Å². The lowest BCUT2D eigenvalue weighted by Crippen LogP contribution is -2.44. The average molecular weight is 382 g/mol. The number of carbonyl (C=O) groups excluding carboxylic acids is 3. The Morgan fingerprint density at radius 2 is 2.00 bits per heavy atom. The Morgan fingerprint density at radius 1 is 1.31 bits per heavy atom. The maximum Gasteiger partial charge on any atom is 0.312 e. The van der Waals surface area contributed by atoms with Crippen LogP contribution in [0.25, 0.3) is 0 Å². The van der Waals surface area contributed by atoms with E-state index >= 15 is 0 Å². The van der Waals surface area contributed by atoms with Crippen LogP contribution in [0.3, 0.4) is 0 Å². The van der Waals surface area contributed by atoms with Gasteiger partial charge in [-0.2, -0.15) is 0 Å². The van der Waals surface area contributed by atoms with Gasteiger partial charge < -0.3 is 20.7 Å². The first-order valence-electron chi connectivity index (χ1n) is 8.63. The molecule has 0 saturated carbocycles. The molecule has 1 saturated heterocycles. The second kappa shape index (κ2) is 9.43. The van der Waals surface area contributed by atoms with Gasteiger partial charge in [-0.05, 0) is 43.9 Å². The van der Waals surface area contributed by atoms with E-state index in [0.717, 1.165) is 19.3 Å². The zero-order valence-corrected chi connectivity index (χ0v) is 15.5. The van der Waals surface area contributed by atoms with E-state index in [9.17, 15) is 14.4 Å². The van der Waals surface area contributed by atoms with Crippen molar-refractivity contribution in [3.05, 3.63) is 34.9 Å². The van der Waals surface area contributed by atoms with E-state index in [-0.39, 0.29) is 25.0 Å². The molecule has 0 bridgehead atoms. The number of primary amides is 1. The second-order valence-corrected chi connectivity index (χ2v) is 6.85. The zero-order chi connectivity index (χ0) is 19.1. The van der Waals surface area contributed by atoms with Crippen molar-refractivity contribution in [2.45, 2.75) is 44.7 Å². The predicted molar refractivity (Wildman–Crippen MR) is 97.5 cm³/mol. The number of nitrogens with zero attached hydrogens (tertiary/aromatic N) is 1. The molecule has 0 unspecified atom stereocenters. The van der Waals surface area contributed by atoms with Crippen molar-refractivity contribution in [1.82, 2.24) is 10.2 Å². The fraction of sp³-hybridized carbons (Fsp3) is 0.500. The van der Waals surface area contributed by atoms with Gasteiger partial charge in [0.1, 0.15) is 0 Å². The maximum absolute atomic E-state index is 12.2. The van der Waals surface area contributed by atoms with E-state index in [2.05, 4.69) is 5.32 Å². The molecule has 1 aromatic rings. The molecule has 26 heavy (non-hydrogen) atoms. The summed E-state index contributed by atoms with van der Waals surface area (Å²) >= 11 is 5.85. The molecule has 0 aromatic heterocycles. The fourth-order valence-electron chi connectivity index (χ4n) is 3.04. The number of piperidine rings is 1. The smallest absolute Gasteiger partial charge is 0.312 e. The molecule has 0 radical (unpaired) electrons. The molecule has 3 amide bonds. The van der Waals surface area contributed by atoms with Gasteiger partial charge in [-0.25, -0.2) is 4.79 Å². The molecule has 2 atom stereocenters. The van der Waals surface area contributed by atoms with Gasteiger partial charge in [0, 0.05) is 17.6 Å². The first-order chi connectivity index (χ1) is 12.4. The van der Waals surface area contributed by atoms with Crippen molar-refractivity contribution in [1.29, 1.82) is 0 Å². The summed E-state index contributed by atoms with van der Waals surface area (Å²) in [4.78, 5) is 37.3. The van der Waals surface area contributed by atoms with Gasteiger partial charge in [0.25, 0.3) is 5.91 Å². The minimum Gasteiger partial charge on any atom is -0.455 e. The monoisotopic (exact) mass is 381 g/mol. The lowest BCUT2D eigenvalue weighted by Gasteiger charge is -2.33. The summed E-state index contributed by atoms with van der Waals surface area (Å²) in [6, 6.07) is 5.44. The van der Waals surface area contributed by atoms with E-state index < -0.39 is 18.0 Å². The quantitative estimate of drug-likeness (QED) is 0.738. The highest BCUT2D eigenvalue weighted by atomic mass is 35.5. The summed E-state index contributed by atoms with van der Waals surface area (Å²) < 4.78 is 5.11. The van der Waals surface area contributed by atoms with E-state index in [1.807, 2.05) is 6.92 Å². The van der Waals surface area contributed by atoms with Crippen LogP contribution in [0.1, 0.15) is 44.2 Å². The highest BCUT2D eigenvalue weighted by molar-refractivity contribution is 6.30. The molecule has 1 fully saturated rings. The topological polar surface area (TPSA) is 102 Å². The summed E-state index contributed by atoms with van der Waals surface area (Å²) in [5.74, 6) is -0.784. The highest BCUT2D eigenvalue weighted by Crippen LogP contribution is 2.20. The Labute approximate surface area is 157 Å². The number of urea groups is 1. The maximum atomic E-state index is 12.2. The van der Waals surface area contributed by atoms with Crippen LogP contribution < -0.4 is 11.1 Å². The van der Waals surface area contributed by atoms with Crippen LogP contribution in [0.15, 0.2) is 24.3 Å². The van der Waals surface area contributed by atoms with Crippen LogP contribution in [-0.2, 0) is 14.3 Å². The first-order valence-corrected chi connectivity index (χ1v) is 9.01. The lowest BCUT2D eigenvalue weighted by molar-refractivity contribution is -0.153. The van der Waals surface area contributed by atoms with Gasteiger partial charge in [-0.15, -0.1) is 0 Å². The number of hydrogen-bond donors (Lipinski definition) is 2. The minimum atomic E-state index is -0.754. The molecule has 1 aliphatic heterocycles. The number of benzene rings is 1. The van der Waals surface area contributed by atoms with Crippen molar-refractivity contribution >= 4 is 29.5 Å². The molecule has 142 valence electrons. The Hall–Kier alpha value is -2.28. The number of esters is 1. The summed E-state index contributed by atoms with van der Waals surface area (Å²) in [5, 5.41) is 3.04. The molecule has 1 aliphatic rings. The number of halogens is 1. The molecule has 8 heteroatoms. The number of nitrogens with two attached hydrogens (primary N) is 1.